The van der Waals surface area contributed by atoms with Gasteiger partial charge in [0.2, 0.25) is 5.91 Å². The van der Waals surface area contributed by atoms with Crippen LogP contribution < -0.4 is 5.43 Å². The number of benzene rings is 2. The van der Waals surface area contributed by atoms with Crippen LogP contribution in [0.4, 0.5) is 5.69 Å². The first-order chi connectivity index (χ1) is 11.5. The highest BCUT2D eigenvalue weighted by Gasteiger charge is 2.12. The molecule has 2 aromatic rings. The van der Waals surface area contributed by atoms with E-state index >= 15 is 0 Å². The van der Waals surface area contributed by atoms with Crippen LogP contribution in [0, 0.1) is 10.1 Å². The Hall–Kier alpha value is -2.58. The first kappa shape index (κ1) is 17.8. The van der Waals surface area contributed by atoms with Gasteiger partial charge in [0.05, 0.1) is 16.9 Å². The van der Waals surface area contributed by atoms with Gasteiger partial charge in [0, 0.05) is 21.5 Å². The van der Waals surface area contributed by atoms with Gasteiger partial charge in [-0.15, -0.1) is 11.8 Å². The molecule has 0 aliphatic carbocycles. The Labute approximate surface area is 146 Å². The van der Waals surface area contributed by atoms with Crippen LogP contribution in [0.25, 0.3) is 0 Å². The van der Waals surface area contributed by atoms with Crippen LogP contribution in [0.5, 0.6) is 5.75 Å². The number of phenolic OH excluding ortho intramolecular Hbond substituents is 1. The summed E-state index contributed by atoms with van der Waals surface area (Å²) in [7, 11) is 0. The van der Waals surface area contributed by atoms with E-state index < -0.39 is 16.4 Å². The van der Waals surface area contributed by atoms with Crippen molar-refractivity contribution >= 4 is 41.2 Å². The number of nitrogens with one attached hydrogen (secondary N) is 1. The summed E-state index contributed by atoms with van der Waals surface area (Å²) in [6.45, 7) is 0. The molecule has 0 aliphatic heterocycles. The minimum atomic E-state index is -0.700. The molecule has 0 spiro atoms. The van der Waals surface area contributed by atoms with Crippen molar-refractivity contribution in [3.63, 3.8) is 0 Å². The van der Waals surface area contributed by atoms with Crippen molar-refractivity contribution in [2.75, 3.05) is 5.75 Å². The third kappa shape index (κ3) is 5.25. The molecular weight excluding hydrogens is 354 g/mol. The summed E-state index contributed by atoms with van der Waals surface area (Å²) < 4.78 is 0. The van der Waals surface area contributed by atoms with E-state index in [2.05, 4.69) is 10.5 Å². The highest BCUT2D eigenvalue weighted by Crippen LogP contribution is 2.25. The summed E-state index contributed by atoms with van der Waals surface area (Å²) in [6, 6.07) is 10.9. The average Bonchev–Trinajstić information content (AvgIpc) is 2.55. The molecule has 9 heteroatoms. The minimum Gasteiger partial charge on any atom is -0.502 e. The molecule has 0 bridgehead atoms. The molecule has 24 heavy (non-hydrogen) atoms. The second-order valence-corrected chi connectivity index (χ2v) is 6.03. The van der Waals surface area contributed by atoms with Crippen LogP contribution in [0.15, 0.2) is 52.5 Å². The van der Waals surface area contributed by atoms with Crippen LogP contribution in [0.2, 0.25) is 5.02 Å². The first-order valence-corrected chi connectivity index (χ1v) is 8.00. The molecule has 0 radical (unpaired) electrons. The lowest BCUT2D eigenvalue weighted by Gasteiger charge is -2.01. The molecule has 124 valence electrons. The van der Waals surface area contributed by atoms with E-state index in [9.17, 15) is 20.0 Å². The smallest absolute Gasteiger partial charge is 0.311 e. The Morgan fingerprint density at radius 3 is 2.71 bits per heavy atom. The lowest BCUT2D eigenvalue weighted by Crippen LogP contribution is -2.19. The summed E-state index contributed by atoms with van der Waals surface area (Å²) in [5, 5.41) is 24.4. The van der Waals surface area contributed by atoms with E-state index in [4.69, 9.17) is 11.6 Å². The molecular formula is C15H12ClN3O4S. The number of carbonyl (C=O) groups is 1. The Kier molecular flexibility index (Phi) is 6.16. The number of rotatable bonds is 6. The van der Waals surface area contributed by atoms with Gasteiger partial charge in [-0.05, 0) is 36.4 Å². The van der Waals surface area contributed by atoms with Crippen LogP contribution in [-0.2, 0) is 4.79 Å². The van der Waals surface area contributed by atoms with E-state index in [1.54, 1.807) is 24.3 Å². The van der Waals surface area contributed by atoms with E-state index in [0.717, 1.165) is 11.0 Å². The molecule has 0 aromatic heterocycles. The van der Waals surface area contributed by atoms with Crippen molar-refractivity contribution in [1.82, 2.24) is 5.43 Å². The fourth-order valence-corrected chi connectivity index (χ4v) is 2.47. The van der Waals surface area contributed by atoms with Crippen molar-refractivity contribution < 1.29 is 14.8 Å². The third-order valence-corrected chi connectivity index (χ3v) is 4.05. The van der Waals surface area contributed by atoms with Gasteiger partial charge in [0.15, 0.2) is 5.75 Å². The number of phenols is 1. The van der Waals surface area contributed by atoms with Crippen molar-refractivity contribution in [2.45, 2.75) is 4.90 Å². The predicted octanol–water partition coefficient (Wildman–Crippen LogP) is 3.20. The summed E-state index contributed by atoms with van der Waals surface area (Å²) >= 11 is 7.10. The van der Waals surface area contributed by atoms with Gasteiger partial charge in [-0.1, -0.05) is 11.6 Å². The third-order valence-electron chi connectivity index (χ3n) is 2.78. The maximum Gasteiger partial charge on any atom is 0.311 e. The number of nitrogens with zero attached hydrogens (tertiary/aromatic N) is 2. The Morgan fingerprint density at radius 2 is 2.04 bits per heavy atom. The van der Waals surface area contributed by atoms with Gasteiger partial charge >= 0.3 is 5.69 Å². The fourth-order valence-electron chi connectivity index (χ4n) is 1.66. The van der Waals surface area contributed by atoms with Gasteiger partial charge in [-0.25, -0.2) is 5.43 Å². The van der Waals surface area contributed by atoms with Crippen LogP contribution in [-0.4, -0.2) is 27.9 Å². The normalized spacial score (nSPS) is 10.7. The fraction of sp³-hybridized carbons (Fsp3) is 0.0667. The van der Waals surface area contributed by atoms with E-state index in [1.165, 1.54) is 30.1 Å². The molecule has 0 atom stereocenters. The summed E-state index contributed by atoms with van der Waals surface area (Å²) in [4.78, 5) is 22.6. The number of amides is 1. The van der Waals surface area contributed by atoms with Crippen molar-refractivity contribution in [1.29, 1.82) is 0 Å². The van der Waals surface area contributed by atoms with Gasteiger partial charge in [-0.3, -0.25) is 14.9 Å². The Balaban J connectivity index is 1.87. The zero-order valence-corrected chi connectivity index (χ0v) is 13.8. The molecule has 0 fully saturated rings. The number of carbonyl (C=O) groups excluding carboxylic acids is 1. The topological polar surface area (TPSA) is 105 Å². The van der Waals surface area contributed by atoms with Gasteiger partial charge in [0.25, 0.3) is 0 Å². The van der Waals surface area contributed by atoms with Gasteiger partial charge in [-0.2, -0.15) is 5.10 Å². The number of nitro benzene ring substituents is 1. The molecule has 2 N–H and O–H groups in total. The molecule has 0 heterocycles. The number of hydrogen-bond donors (Lipinski definition) is 2. The molecule has 2 aromatic carbocycles. The van der Waals surface area contributed by atoms with Gasteiger partial charge < -0.3 is 5.11 Å². The van der Waals surface area contributed by atoms with Crippen molar-refractivity contribution in [3.05, 3.63) is 63.2 Å². The second-order valence-electron chi connectivity index (χ2n) is 4.54. The molecule has 0 saturated carbocycles. The minimum absolute atomic E-state index is 0.161. The quantitative estimate of drug-likeness (QED) is 0.354. The number of aromatic hydroxyl groups is 1. The highest BCUT2D eigenvalue weighted by molar-refractivity contribution is 8.00. The highest BCUT2D eigenvalue weighted by atomic mass is 35.5. The Bertz CT molecular complexity index is 781. The standard InChI is InChI=1S/C15H12ClN3O4S/c16-11-2-4-12(5-3-11)24-9-15(21)18-17-8-10-1-6-14(20)13(7-10)19(22)23/h1-8,20H,9H2,(H,18,21)/b17-8+. The van der Waals surface area contributed by atoms with E-state index in [1.807, 2.05) is 0 Å². The first-order valence-electron chi connectivity index (χ1n) is 6.63. The lowest BCUT2D eigenvalue weighted by molar-refractivity contribution is -0.385. The summed E-state index contributed by atoms with van der Waals surface area (Å²) in [5.41, 5.74) is 2.28. The van der Waals surface area contributed by atoms with Crippen LogP contribution in [0.1, 0.15) is 5.56 Å². The van der Waals surface area contributed by atoms with Crippen LogP contribution >= 0.6 is 23.4 Å². The molecule has 0 saturated heterocycles. The maximum atomic E-state index is 11.7. The number of nitro groups is 1. The maximum absolute atomic E-state index is 11.7. The average molecular weight is 366 g/mol. The second kappa shape index (κ2) is 8.32. The molecule has 2 rings (SSSR count). The molecule has 1 amide bonds. The van der Waals surface area contributed by atoms with E-state index in [-0.39, 0.29) is 11.7 Å². The molecule has 0 aliphatic rings. The number of thioether (sulfide) groups is 1. The number of hydrogen-bond acceptors (Lipinski definition) is 6. The zero-order valence-electron chi connectivity index (χ0n) is 12.2. The summed E-state index contributed by atoms with van der Waals surface area (Å²) in [5.74, 6) is -0.589. The number of hydrazone groups is 1. The predicted molar refractivity (Wildman–Crippen MR) is 92.7 cm³/mol. The van der Waals surface area contributed by atoms with Crippen LogP contribution in [0.3, 0.4) is 0 Å². The van der Waals surface area contributed by atoms with Crippen molar-refractivity contribution in [3.8, 4) is 5.75 Å². The monoisotopic (exact) mass is 365 g/mol. The molecule has 0 unspecified atom stereocenters. The van der Waals surface area contributed by atoms with Gasteiger partial charge in [0.1, 0.15) is 0 Å². The lowest BCUT2D eigenvalue weighted by atomic mass is 10.2. The SMILES string of the molecule is O=C(CSc1ccc(Cl)cc1)N/N=C/c1ccc(O)c([N+](=O)[O-])c1. The van der Waals surface area contributed by atoms with E-state index in [0.29, 0.717) is 10.6 Å². The van der Waals surface area contributed by atoms with Crippen molar-refractivity contribution in [2.24, 2.45) is 5.10 Å². The molecule has 7 nitrogen and oxygen atoms in total. The Morgan fingerprint density at radius 1 is 1.33 bits per heavy atom. The zero-order chi connectivity index (χ0) is 17.5. The number of halogens is 1. The summed E-state index contributed by atoms with van der Waals surface area (Å²) in [6.07, 6.45) is 1.26. The largest absolute Gasteiger partial charge is 0.502 e.